The molecule has 0 spiro atoms. The highest BCUT2D eigenvalue weighted by Crippen LogP contribution is 2.14. The second kappa shape index (κ2) is 2.95. The van der Waals surface area contributed by atoms with E-state index in [1.807, 2.05) is 6.07 Å². The zero-order valence-electron chi connectivity index (χ0n) is 7.38. The lowest BCUT2D eigenvalue weighted by atomic mass is 10.3. The number of hydrogen-bond donors (Lipinski definition) is 2. The number of anilines is 1. The minimum absolute atomic E-state index is 0.0498. The first-order chi connectivity index (χ1) is 7.15. The second-order valence-electron chi connectivity index (χ2n) is 2.77. The number of carbonyl (C=O) groups is 1. The minimum Gasteiger partial charge on any atom is -0.477 e. The summed E-state index contributed by atoms with van der Waals surface area (Å²) in [5, 5.41) is 21.2. The summed E-state index contributed by atoms with van der Waals surface area (Å²) in [5.74, 6) is -1.06. The predicted octanol–water partition coefficient (Wildman–Crippen LogP) is -0.119. The van der Waals surface area contributed by atoms with Crippen molar-refractivity contribution in [1.82, 2.24) is 14.6 Å². The van der Waals surface area contributed by atoms with Crippen LogP contribution in [-0.2, 0) is 0 Å². The largest absolute Gasteiger partial charge is 0.477 e. The lowest BCUT2D eigenvalue weighted by Gasteiger charge is -1.99. The number of carboxylic acid groups (broad SMARTS) is 1. The van der Waals surface area contributed by atoms with Gasteiger partial charge in [0.05, 0.1) is 12.4 Å². The fourth-order valence-corrected chi connectivity index (χ4v) is 1.19. The average Bonchev–Trinajstić information content (AvgIpc) is 2.62. The van der Waals surface area contributed by atoms with E-state index in [9.17, 15) is 4.79 Å². The van der Waals surface area contributed by atoms with Gasteiger partial charge in [0, 0.05) is 0 Å². The Morgan fingerprint density at radius 2 is 2.33 bits per heavy atom. The molecule has 2 heterocycles. The van der Waals surface area contributed by atoms with Crippen LogP contribution in [0.4, 0.5) is 5.82 Å². The molecule has 0 atom stereocenters. The van der Waals surface area contributed by atoms with Crippen molar-refractivity contribution in [3.63, 3.8) is 0 Å². The fraction of sp³-hybridized carbons (Fsp3) is 0. The molecule has 0 radical (unpaired) electrons. The molecule has 74 valence electrons. The van der Waals surface area contributed by atoms with Crippen molar-refractivity contribution in [2.75, 3.05) is 5.73 Å². The van der Waals surface area contributed by atoms with Crippen molar-refractivity contribution in [1.29, 1.82) is 5.26 Å². The molecule has 3 N–H and O–H groups in total. The lowest BCUT2D eigenvalue weighted by molar-refractivity contribution is 0.0699. The lowest BCUT2D eigenvalue weighted by Crippen LogP contribution is -2.04. The summed E-state index contributed by atoms with van der Waals surface area (Å²) in [7, 11) is 0. The number of nitriles is 1. The summed E-state index contributed by atoms with van der Waals surface area (Å²) in [6.45, 7) is 0. The SMILES string of the molecule is N#Cc1cnc2c(C(=O)O)cnn2c1N. The molecule has 2 rings (SSSR count). The topological polar surface area (TPSA) is 117 Å². The average molecular weight is 203 g/mol. The van der Waals surface area contributed by atoms with Gasteiger partial charge in [-0.2, -0.15) is 14.9 Å². The summed E-state index contributed by atoms with van der Waals surface area (Å²) in [5.41, 5.74) is 5.82. The van der Waals surface area contributed by atoms with Gasteiger partial charge in [-0.25, -0.2) is 9.78 Å². The molecule has 0 aliphatic rings. The summed E-state index contributed by atoms with van der Waals surface area (Å²) < 4.78 is 1.13. The van der Waals surface area contributed by atoms with Gasteiger partial charge >= 0.3 is 5.97 Å². The fourth-order valence-electron chi connectivity index (χ4n) is 1.19. The standard InChI is InChI=1S/C8H5N5O2/c9-1-4-2-11-7-5(8(14)15)3-12-13(7)6(4)10/h2-3H,10H2,(H,14,15). The number of nitrogens with zero attached hydrogens (tertiary/aromatic N) is 4. The maximum atomic E-state index is 10.7. The third-order valence-electron chi connectivity index (χ3n) is 1.91. The van der Waals surface area contributed by atoms with Crippen LogP contribution in [0.25, 0.3) is 5.65 Å². The molecular weight excluding hydrogens is 198 g/mol. The number of nitrogen functional groups attached to an aromatic ring is 1. The van der Waals surface area contributed by atoms with E-state index in [4.69, 9.17) is 16.1 Å². The van der Waals surface area contributed by atoms with Crippen molar-refractivity contribution in [3.05, 3.63) is 23.5 Å². The van der Waals surface area contributed by atoms with Crippen LogP contribution in [0.2, 0.25) is 0 Å². The van der Waals surface area contributed by atoms with Gasteiger partial charge < -0.3 is 10.8 Å². The van der Waals surface area contributed by atoms with Crippen molar-refractivity contribution in [2.24, 2.45) is 0 Å². The van der Waals surface area contributed by atoms with E-state index >= 15 is 0 Å². The first-order valence-electron chi connectivity index (χ1n) is 3.90. The zero-order valence-corrected chi connectivity index (χ0v) is 7.38. The van der Waals surface area contributed by atoms with E-state index in [-0.39, 0.29) is 22.6 Å². The highest BCUT2D eigenvalue weighted by molar-refractivity contribution is 5.94. The van der Waals surface area contributed by atoms with Gasteiger partial charge in [-0.15, -0.1) is 0 Å². The molecular formula is C8H5N5O2. The molecule has 0 aromatic carbocycles. The molecule has 0 unspecified atom stereocenters. The molecule has 0 fully saturated rings. The van der Waals surface area contributed by atoms with Crippen LogP contribution in [0.15, 0.2) is 12.4 Å². The number of hydrogen-bond acceptors (Lipinski definition) is 5. The van der Waals surface area contributed by atoms with E-state index in [1.54, 1.807) is 0 Å². The van der Waals surface area contributed by atoms with Gasteiger partial charge in [-0.1, -0.05) is 0 Å². The van der Waals surface area contributed by atoms with Crippen LogP contribution in [0.1, 0.15) is 15.9 Å². The summed E-state index contributed by atoms with van der Waals surface area (Å²) in [6, 6.07) is 1.83. The molecule has 0 bridgehead atoms. The second-order valence-corrected chi connectivity index (χ2v) is 2.77. The van der Waals surface area contributed by atoms with Gasteiger partial charge in [-0.05, 0) is 0 Å². The Labute approximate surface area is 83.4 Å². The Morgan fingerprint density at radius 1 is 1.60 bits per heavy atom. The van der Waals surface area contributed by atoms with Gasteiger partial charge in [-0.3, -0.25) is 0 Å². The number of nitrogens with two attached hydrogens (primary N) is 1. The molecule has 2 aromatic rings. The molecule has 0 aliphatic heterocycles. The van der Waals surface area contributed by atoms with E-state index in [2.05, 4.69) is 10.1 Å². The Kier molecular flexibility index (Phi) is 1.76. The number of fused-ring (bicyclic) bond motifs is 1. The van der Waals surface area contributed by atoms with Crippen LogP contribution in [0.5, 0.6) is 0 Å². The summed E-state index contributed by atoms with van der Waals surface area (Å²) >= 11 is 0. The molecule has 0 saturated heterocycles. The molecule has 15 heavy (non-hydrogen) atoms. The Hall–Kier alpha value is -2.62. The molecule has 0 amide bonds. The van der Waals surface area contributed by atoms with Gasteiger partial charge in [0.25, 0.3) is 0 Å². The summed E-state index contributed by atoms with van der Waals surface area (Å²) in [6.07, 6.45) is 2.36. The Morgan fingerprint density at radius 3 is 2.93 bits per heavy atom. The van der Waals surface area contributed by atoms with Crippen LogP contribution in [0, 0.1) is 11.3 Å². The van der Waals surface area contributed by atoms with E-state index in [0.29, 0.717) is 0 Å². The molecule has 2 aromatic heterocycles. The molecule has 7 nitrogen and oxygen atoms in total. The van der Waals surface area contributed by atoms with E-state index in [0.717, 1.165) is 10.7 Å². The first-order valence-corrected chi connectivity index (χ1v) is 3.90. The van der Waals surface area contributed by atoms with Crippen molar-refractivity contribution < 1.29 is 9.90 Å². The highest BCUT2D eigenvalue weighted by Gasteiger charge is 2.15. The molecule has 0 saturated carbocycles. The number of aromatic carboxylic acids is 1. The number of aromatic nitrogens is 3. The maximum Gasteiger partial charge on any atom is 0.341 e. The maximum absolute atomic E-state index is 10.7. The first kappa shape index (κ1) is 8.96. The smallest absolute Gasteiger partial charge is 0.341 e. The van der Waals surface area contributed by atoms with Crippen LogP contribution >= 0.6 is 0 Å². The Balaban J connectivity index is 2.83. The monoisotopic (exact) mass is 203 g/mol. The van der Waals surface area contributed by atoms with E-state index < -0.39 is 5.97 Å². The van der Waals surface area contributed by atoms with Gasteiger partial charge in [0.15, 0.2) is 5.65 Å². The molecule has 7 heteroatoms. The van der Waals surface area contributed by atoms with Crippen molar-refractivity contribution in [3.8, 4) is 6.07 Å². The normalized spacial score (nSPS) is 10.1. The quantitative estimate of drug-likeness (QED) is 0.667. The third kappa shape index (κ3) is 1.16. The van der Waals surface area contributed by atoms with Gasteiger partial charge in [0.2, 0.25) is 0 Å². The van der Waals surface area contributed by atoms with Crippen LogP contribution in [0.3, 0.4) is 0 Å². The number of rotatable bonds is 1. The Bertz CT molecular complexity index is 595. The molecule has 0 aliphatic carbocycles. The minimum atomic E-state index is -1.14. The number of carboxylic acids is 1. The van der Waals surface area contributed by atoms with E-state index in [1.165, 1.54) is 6.20 Å². The summed E-state index contributed by atoms with van der Waals surface area (Å²) in [4.78, 5) is 14.6. The van der Waals surface area contributed by atoms with Crippen molar-refractivity contribution in [2.45, 2.75) is 0 Å². The van der Waals surface area contributed by atoms with Crippen LogP contribution < -0.4 is 5.73 Å². The predicted molar refractivity (Wildman–Crippen MR) is 49.1 cm³/mol. The highest BCUT2D eigenvalue weighted by atomic mass is 16.4. The zero-order chi connectivity index (χ0) is 11.0. The van der Waals surface area contributed by atoms with Gasteiger partial charge in [0.1, 0.15) is 23.0 Å². The van der Waals surface area contributed by atoms with Crippen LogP contribution in [-0.4, -0.2) is 25.7 Å². The third-order valence-corrected chi connectivity index (χ3v) is 1.91. The van der Waals surface area contributed by atoms with Crippen molar-refractivity contribution >= 4 is 17.4 Å².